The lowest BCUT2D eigenvalue weighted by molar-refractivity contribution is 0.0992. The summed E-state index contributed by atoms with van der Waals surface area (Å²) in [6, 6.07) is 5.63. The van der Waals surface area contributed by atoms with Crippen molar-refractivity contribution < 1.29 is 13.2 Å². The number of carbonyl (C=O) groups excluding carboxylic acids is 1. The van der Waals surface area contributed by atoms with Crippen LogP contribution in [0.4, 0.5) is 11.5 Å². The SMILES string of the molecule is CCCCn1c(N)c(N(C)C(=O)c2cccc(S(=O)(=O)N3CCCC[C@@H]3C)c2)c(=O)[nH]c1=O. The van der Waals surface area contributed by atoms with E-state index in [2.05, 4.69) is 4.98 Å². The number of anilines is 2. The number of nitrogens with one attached hydrogen (secondary N) is 1. The third kappa shape index (κ3) is 4.88. The van der Waals surface area contributed by atoms with Crippen molar-refractivity contribution in [3.63, 3.8) is 0 Å². The van der Waals surface area contributed by atoms with Gasteiger partial charge in [0, 0.05) is 31.7 Å². The topological polar surface area (TPSA) is 139 Å². The van der Waals surface area contributed by atoms with Crippen LogP contribution in [-0.2, 0) is 16.6 Å². The Morgan fingerprint density at radius 2 is 2.00 bits per heavy atom. The molecule has 3 rings (SSSR count). The van der Waals surface area contributed by atoms with E-state index in [0.29, 0.717) is 19.5 Å². The van der Waals surface area contributed by atoms with Crippen LogP contribution in [0.5, 0.6) is 0 Å². The first-order chi connectivity index (χ1) is 15.6. The molecule has 11 heteroatoms. The van der Waals surface area contributed by atoms with Gasteiger partial charge in [-0.3, -0.25) is 19.1 Å². The predicted octanol–water partition coefficient (Wildman–Crippen LogP) is 1.76. The smallest absolute Gasteiger partial charge is 0.330 e. The molecule has 1 amide bonds. The normalized spacial score (nSPS) is 17.1. The Balaban J connectivity index is 1.97. The molecule has 0 aliphatic carbocycles. The number of amides is 1. The molecule has 0 bridgehead atoms. The molecule has 0 saturated carbocycles. The van der Waals surface area contributed by atoms with Gasteiger partial charge in [0.05, 0.1) is 4.90 Å². The first-order valence-corrected chi connectivity index (χ1v) is 12.6. The van der Waals surface area contributed by atoms with E-state index < -0.39 is 27.2 Å². The van der Waals surface area contributed by atoms with Crippen LogP contribution >= 0.6 is 0 Å². The summed E-state index contributed by atoms with van der Waals surface area (Å²) in [6.45, 7) is 4.57. The third-order valence-corrected chi connectivity index (χ3v) is 8.03. The van der Waals surface area contributed by atoms with Gasteiger partial charge in [-0.2, -0.15) is 4.31 Å². The molecular formula is C22H31N5O5S. The van der Waals surface area contributed by atoms with Crippen LogP contribution < -0.4 is 21.9 Å². The highest BCUT2D eigenvalue weighted by Gasteiger charge is 2.31. The minimum atomic E-state index is -3.77. The fraction of sp³-hybridized carbons (Fsp3) is 0.500. The second-order valence-corrected chi connectivity index (χ2v) is 10.2. The number of unbranched alkanes of at least 4 members (excludes halogenated alkanes) is 1. The lowest BCUT2D eigenvalue weighted by atomic mass is 10.1. The van der Waals surface area contributed by atoms with Gasteiger partial charge in [-0.25, -0.2) is 13.2 Å². The van der Waals surface area contributed by atoms with E-state index in [9.17, 15) is 22.8 Å². The molecule has 10 nitrogen and oxygen atoms in total. The molecule has 1 atom stereocenters. The first kappa shape index (κ1) is 24.7. The van der Waals surface area contributed by atoms with Crippen molar-refractivity contribution in [2.24, 2.45) is 0 Å². The molecule has 2 heterocycles. The number of nitrogen functional groups attached to an aromatic ring is 1. The lowest BCUT2D eigenvalue weighted by Gasteiger charge is -2.32. The van der Waals surface area contributed by atoms with Gasteiger partial charge in [0.1, 0.15) is 5.82 Å². The molecule has 1 aromatic carbocycles. The molecule has 0 radical (unpaired) electrons. The Hall–Kier alpha value is -2.92. The van der Waals surface area contributed by atoms with Gasteiger partial charge < -0.3 is 10.6 Å². The molecule has 180 valence electrons. The summed E-state index contributed by atoms with van der Waals surface area (Å²) in [5, 5.41) is 0. The minimum Gasteiger partial charge on any atom is -0.383 e. The quantitative estimate of drug-likeness (QED) is 0.623. The van der Waals surface area contributed by atoms with Crippen molar-refractivity contribution in [1.82, 2.24) is 13.9 Å². The van der Waals surface area contributed by atoms with Crippen LogP contribution in [0, 0.1) is 0 Å². The average molecular weight is 478 g/mol. The molecule has 33 heavy (non-hydrogen) atoms. The van der Waals surface area contributed by atoms with E-state index in [1.165, 1.54) is 40.2 Å². The zero-order valence-electron chi connectivity index (χ0n) is 19.2. The Morgan fingerprint density at radius 3 is 2.67 bits per heavy atom. The van der Waals surface area contributed by atoms with Gasteiger partial charge in [0.15, 0.2) is 5.69 Å². The van der Waals surface area contributed by atoms with Gasteiger partial charge in [0.2, 0.25) is 10.0 Å². The second kappa shape index (κ2) is 9.92. The molecule has 0 spiro atoms. The summed E-state index contributed by atoms with van der Waals surface area (Å²) in [4.78, 5) is 41.1. The van der Waals surface area contributed by atoms with Crippen LogP contribution in [0.2, 0.25) is 0 Å². The summed E-state index contributed by atoms with van der Waals surface area (Å²) >= 11 is 0. The predicted molar refractivity (Wildman–Crippen MR) is 127 cm³/mol. The fourth-order valence-electron chi connectivity index (χ4n) is 4.09. The summed E-state index contributed by atoms with van der Waals surface area (Å²) in [5.74, 6) is -0.726. The number of nitrogens with zero attached hydrogens (tertiary/aromatic N) is 3. The molecule has 1 aliphatic heterocycles. The molecule has 2 aromatic rings. The van der Waals surface area contributed by atoms with Crippen molar-refractivity contribution in [2.45, 2.75) is 63.4 Å². The molecule has 1 aromatic heterocycles. The number of nitrogens with two attached hydrogens (primary N) is 1. The van der Waals surface area contributed by atoms with Gasteiger partial charge in [0.25, 0.3) is 11.5 Å². The number of H-pyrrole nitrogens is 1. The minimum absolute atomic E-state index is 0.0188. The Morgan fingerprint density at radius 1 is 1.27 bits per heavy atom. The van der Waals surface area contributed by atoms with E-state index in [1.54, 1.807) is 0 Å². The molecule has 1 fully saturated rings. The number of sulfonamides is 1. The fourth-order valence-corrected chi connectivity index (χ4v) is 5.83. The van der Waals surface area contributed by atoms with E-state index >= 15 is 0 Å². The van der Waals surface area contributed by atoms with Gasteiger partial charge in [-0.1, -0.05) is 25.8 Å². The molecular weight excluding hydrogens is 446 g/mol. The molecule has 1 aliphatic rings. The van der Waals surface area contributed by atoms with Crippen molar-refractivity contribution in [3.05, 3.63) is 50.7 Å². The maximum atomic E-state index is 13.2. The first-order valence-electron chi connectivity index (χ1n) is 11.1. The standard InChI is InChI=1S/C22H31N5O5S/c1-4-5-12-26-19(23)18(20(28)24-22(26)30)25(3)21(29)16-10-8-11-17(14-16)33(31,32)27-13-7-6-9-15(27)2/h8,10-11,14-15H,4-7,9,12-13,23H2,1-3H3,(H,24,28,30)/t15-/m0/s1. The number of aromatic nitrogens is 2. The van der Waals surface area contributed by atoms with Crippen LogP contribution in [0.25, 0.3) is 0 Å². The summed E-state index contributed by atoms with van der Waals surface area (Å²) in [6.07, 6.45) is 4.04. The van der Waals surface area contributed by atoms with Crippen molar-refractivity contribution >= 4 is 27.4 Å². The van der Waals surface area contributed by atoms with E-state index in [4.69, 9.17) is 5.73 Å². The largest absolute Gasteiger partial charge is 0.383 e. The maximum Gasteiger partial charge on any atom is 0.330 e. The van der Waals surface area contributed by atoms with Crippen molar-refractivity contribution in [2.75, 3.05) is 24.2 Å². The number of carbonyl (C=O) groups is 1. The number of piperidine rings is 1. The van der Waals surface area contributed by atoms with Gasteiger partial charge in [-0.05, 0) is 44.4 Å². The Bertz CT molecular complexity index is 1250. The number of benzene rings is 1. The molecule has 0 unspecified atom stereocenters. The highest BCUT2D eigenvalue weighted by Crippen LogP contribution is 2.26. The Kier molecular flexibility index (Phi) is 7.43. The zero-order chi connectivity index (χ0) is 24.3. The lowest BCUT2D eigenvalue weighted by Crippen LogP contribution is -2.42. The van der Waals surface area contributed by atoms with Crippen LogP contribution in [0.3, 0.4) is 0 Å². The highest BCUT2D eigenvalue weighted by atomic mass is 32.2. The number of rotatable bonds is 7. The van der Waals surface area contributed by atoms with Crippen LogP contribution in [0.1, 0.15) is 56.3 Å². The highest BCUT2D eigenvalue weighted by molar-refractivity contribution is 7.89. The van der Waals surface area contributed by atoms with Crippen molar-refractivity contribution in [1.29, 1.82) is 0 Å². The van der Waals surface area contributed by atoms with E-state index in [0.717, 1.165) is 30.6 Å². The van der Waals surface area contributed by atoms with E-state index in [1.807, 2.05) is 13.8 Å². The van der Waals surface area contributed by atoms with Gasteiger partial charge >= 0.3 is 5.69 Å². The van der Waals surface area contributed by atoms with Gasteiger partial charge in [-0.15, -0.1) is 0 Å². The average Bonchev–Trinajstić information content (AvgIpc) is 2.78. The second-order valence-electron chi connectivity index (χ2n) is 8.35. The zero-order valence-corrected chi connectivity index (χ0v) is 20.0. The molecule has 3 N–H and O–H groups in total. The maximum absolute atomic E-state index is 13.2. The Labute approximate surface area is 193 Å². The molecule has 1 saturated heterocycles. The third-order valence-electron chi connectivity index (χ3n) is 6.02. The monoisotopic (exact) mass is 477 g/mol. The number of aromatic amines is 1. The summed E-state index contributed by atoms with van der Waals surface area (Å²) in [7, 11) is -2.41. The summed E-state index contributed by atoms with van der Waals surface area (Å²) < 4.78 is 29.1. The van der Waals surface area contributed by atoms with Crippen molar-refractivity contribution in [3.8, 4) is 0 Å². The van der Waals surface area contributed by atoms with E-state index in [-0.39, 0.29) is 28.0 Å². The number of hydrogen-bond acceptors (Lipinski definition) is 6. The van der Waals surface area contributed by atoms with Crippen LogP contribution in [-0.4, -0.2) is 47.8 Å². The van der Waals surface area contributed by atoms with Crippen LogP contribution in [0.15, 0.2) is 38.8 Å². The number of hydrogen-bond donors (Lipinski definition) is 2. The summed E-state index contributed by atoms with van der Waals surface area (Å²) in [5.41, 5.74) is 4.61.